The number of carbonyl (C=O) groups excluding carboxylic acids is 2. The molecule has 0 fully saturated rings. The third kappa shape index (κ3) is 3.55. The first-order valence-corrected chi connectivity index (χ1v) is 7.34. The number of rotatable bonds is 5. The van der Waals surface area contributed by atoms with E-state index in [0.717, 1.165) is 0 Å². The van der Waals surface area contributed by atoms with Crippen molar-refractivity contribution in [2.75, 3.05) is 18.1 Å². The van der Waals surface area contributed by atoms with Crippen LogP contribution in [0, 0.1) is 0 Å². The summed E-state index contributed by atoms with van der Waals surface area (Å²) in [6.45, 7) is 0.131. The third-order valence-corrected chi connectivity index (χ3v) is 3.72. The SMILES string of the molecule is Cl.NC/C(=C\F)COc1ccc(N2C(=O)C(=O)c3ccccc32)cc1. The zero-order chi connectivity index (χ0) is 17.1. The van der Waals surface area contributed by atoms with Crippen molar-refractivity contribution in [3.05, 3.63) is 66.0 Å². The second kappa shape index (κ2) is 7.92. The Bertz CT molecular complexity index is 821. The highest BCUT2D eigenvalue weighted by atomic mass is 35.5. The first-order chi connectivity index (χ1) is 11.7. The van der Waals surface area contributed by atoms with Crippen LogP contribution in [0.5, 0.6) is 5.75 Å². The summed E-state index contributed by atoms with van der Waals surface area (Å²) < 4.78 is 17.9. The summed E-state index contributed by atoms with van der Waals surface area (Å²) >= 11 is 0. The zero-order valence-electron chi connectivity index (χ0n) is 13.1. The van der Waals surface area contributed by atoms with Crippen LogP contribution in [-0.4, -0.2) is 24.8 Å². The first-order valence-electron chi connectivity index (χ1n) is 7.34. The molecule has 1 aliphatic rings. The molecule has 0 spiro atoms. The van der Waals surface area contributed by atoms with Gasteiger partial charge < -0.3 is 10.5 Å². The number of nitrogens with zero attached hydrogens (tertiary/aromatic N) is 1. The second-order valence-electron chi connectivity index (χ2n) is 5.24. The molecule has 2 aromatic rings. The quantitative estimate of drug-likeness (QED) is 0.829. The summed E-state index contributed by atoms with van der Waals surface area (Å²) in [5.41, 5.74) is 7.22. The van der Waals surface area contributed by atoms with Crippen LogP contribution in [0.4, 0.5) is 15.8 Å². The average Bonchev–Trinajstić information content (AvgIpc) is 2.88. The van der Waals surface area contributed by atoms with Crippen LogP contribution in [0.15, 0.2) is 60.4 Å². The topological polar surface area (TPSA) is 72.6 Å². The van der Waals surface area contributed by atoms with Gasteiger partial charge in [-0.1, -0.05) is 12.1 Å². The monoisotopic (exact) mass is 362 g/mol. The summed E-state index contributed by atoms with van der Waals surface area (Å²) in [5.74, 6) is -0.597. The Labute approximate surface area is 150 Å². The van der Waals surface area contributed by atoms with Crippen LogP contribution in [0.25, 0.3) is 0 Å². The van der Waals surface area contributed by atoms with E-state index in [9.17, 15) is 14.0 Å². The van der Waals surface area contributed by atoms with E-state index in [1.54, 1.807) is 48.5 Å². The summed E-state index contributed by atoms with van der Waals surface area (Å²) in [6.07, 6.45) is 0.430. The van der Waals surface area contributed by atoms with Gasteiger partial charge in [0.15, 0.2) is 0 Å². The molecule has 0 bridgehead atoms. The third-order valence-electron chi connectivity index (χ3n) is 3.72. The van der Waals surface area contributed by atoms with Gasteiger partial charge in [0, 0.05) is 17.8 Å². The van der Waals surface area contributed by atoms with Gasteiger partial charge in [0.1, 0.15) is 12.4 Å². The molecule has 2 N–H and O–H groups in total. The minimum absolute atomic E-state index is 0. The van der Waals surface area contributed by atoms with Gasteiger partial charge in [-0.3, -0.25) is 14.5 Å². The maximum atomic E-state index is 12.5. The van der Waals surface area contributed by atoms with Crippen molar-refractivity contribution in [3.8, 4) is 5.75 Å². The Kier molecular flexibility index (Phi) is 5.90. The Morgan fingerprint density at radius 3 is 2.44 bits per heavy atom. The number of benzene rings is 2. The van der Waals surface area contributed by atoms with E-state index in [4.69, 9.17) is 10.5 Å². The highest BCUT2D eigenvalue weighted by molar-refractivity contribution is 6.53. The predicted molar refractivity (Wildman–Crippen MR) is 95.3 cm³/mol. The highest BCUT2D eigenvalue weighted by Gasteiger charge is 2.36. The summed E-state index contributed by atoms with van der Waals surface area (Å²) in [6, 6.07) is 13.5. The number of anilines is 2. The van der Waals surface area contributed by atoms with Crippen LogP contribution in [0.2, 0.25) is 0 Å². The number of amides is 1. The van der Waals surface area contributed by atoms with Gasteiger partial charge in [-0.25, -0.2) is 4.39 Å². The standard InChI is InChI=1S/C18H15FN2O3.ClH/c19-9-12(10-20)11-24-14-7-5-13(6-8-14)21-16-4-2-1-3-15(16)17(22)18(21)23;/h1-9H,10-11,20H2;1H/b12-9+;. The minimum Gasteiger partial charge on any atom is -0.489 e. The van der Waals surface area contributed by atoms with Gasteiger partial charge in [-0.05, 0) is 36.4 Å². The molecule has 0 saturated heterocycles. The number of para-hydroxylation sites is 1. The maximum Gasteiger partial charge on any atom is 0.304 e. The lowest BCUT2D eigenvalue weighted by Crippen LogP contribution is -2.24. The van der Waals surface area contributed by atoms with Gasteiger partial charge in [0.2, 0.25) is 0 Å². The number of fused-ring (bicyclic) bond motifs is 1. The summed E-state index contributed by atoms with van der Waals surface area (Å²) in [5, 5.41) is 0. The first kappa shape index (κ1) is 18.6. The summed E-state index contributed by atoms with van der Waals surface area (Å²) in [4.78, 5) is 25.6. The van der Waals surface area contributed by atoms with Gasteiger partial charge in [-0.2, -0.15) is 0 Å². The van der Waals surface area contributed by atoms with Crippen molar-refractivity contribution in [3.63, 3.8) is 0 Å². The molecule has 7 heteroatoms. The van der Waals surface area contributed by atoms with Crippen molar-refractivity contribution in [2.45, 2.75) is 0 Å². The lowest BCUT2D eigenvalue weighted by atomic mass is 10.1. The average molecular weight is 363 g/mol. The van der Waals surface area contributed by atoms with E-state index in [-0.39, 0.29) is 25.6 Å². The van der Waals surface area contributed by atoms with Crippen LogP contribution in [0.3, 0.4) is 0 Å². The van der Waals surface area contributed by atoms with E-state index >= 15 is 0 Å². The van der Waals surface area contributed by atoms with Crippen molar-refractivity contribution < 1.29 is 18.7 Å². The van der Waals surface area contributed by atoms with Crippen molar-refractivity contribution >= 4 is 35.5 Å². The number of hydrogen-bond donors (Lipinski definition) is 1. The van der Waals surface area contributed by atoms with Crippen LogP contribution >= 0.6 is 12.4 Å². The molecule has 0 aromatic heterocycles. The molecular formula is C18H16ClFN2O3. The van der Waals surface area contributed by atoms with Crippen molar-refractivity contribution in [1.82, 2.24) is 0 Å². The molecule has 0 atom stereocenters. The van der Waals surface area contributed by atoms with E-state index < -0.39 is 11.7 Å². The zero-order valence-corrected chi connectivity index (χ0v) is 14.0. The Hall–Kier alpha value is -2.70. The molecule has 130 valence electrons. The van der Waals surface area contributed by atoms with Gasteiger partial charge >= 0.3 is 5.91 Å². The Morgan fingerprint density at radius 1 is 1.12 bits per heavy atom. The fourth-order valence-corrected chi connectivity index (χ4v) is 2.45. The number of carbonyl (C=O) groups is 2. The Balaban J connectivity index is 0.00000225. The van der Waals surface area contributed by atoms with E-state index in [2.05, 4.69) is 0 Å². The molecule has 1 heterocycles. The Morgan fingerprint density at radius 2 is 1.80 bits per heavy atom. The molecule has 25 heavy (non-hydrogen) atoms. The fraction of sp³-hybridized carbons (Fsp3) is 0.111. The fourth-order valence-electron chi connectivity index (χ4n) is 2.45. The van der Waals surface area contributed by atoms with Crippen molar-refractivity contribution in [1.29, 1.82) is 0 Å². The van der Waals surface area contributed by atoms with Crippen LogP contribution < -0.4 is 15.4 Å². The predicted octanol–water partition coefficient (Wildman–Crippen LogP) is 3.16. The van der Waals surface area contributed by atoms with Gasteiger partial charge in [-0.15, -0.1) is 12.4 Å². The lowest BCUT2D eigenvalue weighted by molar-refractivity contribution is -0.113. The molecule has 2 aromatic carbocycles. The highest BCUT2D eigenvalue weighted by Crippen LogP contribution is 2.35. The van der Waals surface area contributed by atoms with Crippen molar-refractivity contribution in [2.24, 2.45) is 5.73 Å². The lowest BCUT2D eigenvalue weighted by Gasteiger charge is -2.17. The smallest absolute Gasteiger partial charge is 0.304 e. The number of halogens is 2. The number of ether oxygens (including phenoxy) is 1. The van der Waals surface area contributed by atoms with Gasteiger partial charge in [0.25, 0.3) is 5.78 Å². The van der Waals surface area contributed by atoms with Crippen LogP contribution in [-0.2, 0) is 4.79 Å². The van der Waals surface area contributed by atoms with Gasteiger partial charge in [0.05, 0.1) is 17.6 Å². The normalized spacial score (nSPS) is 13.5. The molecule has 3 rings (SSSR count). The molecule has 0 saturated carbocycles. The molecular weight excluding hydrogens is 347 g/mol. The second-order valence-corrected chi connectivity index (χ2v) is 5.24. The number of nitrogens with two attached hydrogens (primary N) is 1. The number of Topliss-reactive ketones (excluding diaryl/α,β-unsaturated/α-hetero) is 1. The molecule has 0 aliphatic carbocycles. The molecule has 5 nitrogen and oxygen atoms in total. The molecule has 0 radical (unpaired) electrons. The van der Waals surface area contributed by atoms with E-state index in [0.29, 0.717) is 34.6 Å². The molecule has 1 amide bonds. The van der Waals surface area contributed by atoms with E-state index in [1.807, 2.05) is 0 Å². The number of ketones is 1. The maximum absolute atomic E-state index is 12.5. The largest absolute Gasteiger partial charge is 0.489 e. The molecule has 1 aliphatic heterocycles. The van der Waals surface area contributed by atoms with E-state index in [1.165, 1.54) is 4.90 Å². The minimum atomic E-state index is -0.587. The summed E-state index contributed by atoms with van der Waals surface area (Å²) in [7, 11) is 0. The van der Waals surface area contributed by atoms with Crippen LogP contribution in [0.1, 0.15) is 10.4 Å². The molecule has 0 unspecified atom stereocenters. The number of hydrogen-bond acceptors (Lipinski definition) is 4.